The van der Waals surface area contributed by atoms with Gasteiger partial charge in [0, 0.05) is 22.7 Å². The van der Waals surface area contributed by atoms with Gasteiger partial charge in [-0.1, -0.05) is 13.8 Å². The van der Waals surface area contributed by atoms with E-state index in [-0.39, 0.29) is 17.3 Å². The van der Waals surface area contributed by atoms with Gasteiger partial charge in [0.25, 0.3) is 0 Å². The monoisotopic (exact) mass is 280 g/mol. The molecule has 17 heavy (non-hydrogen) atoms. The molecule has 2 rings (SSSR count). The van der Waals surface area contributed by atoms with Crippen LogP contribution in [0.15, 0.2) is 0 Å². The van der Waals surface area contributed by atoms with E-state index >= 15 is 0 Å². The topological polar surface area (TPSA) is 43.4 Å². The second kappa shape index (κ2) is 4.71. The van der Waals surface area contributed by atoms with E-state index in [2.05, 4.69) is 13.8 Å². The third kappa shape index (κ3) is 3.15. The van der Waals surface area contributed by atoms with Crippen LogP contribution in [0, 0.1) is 17.3 Å². The molecular weight excluding hydrogens is 260 g/mol. The zero-order valence-corrected chi connectivity index (χ0v) is 12.1. The van der Waals surface area contributed by atoms with Crippen LogP contribution in [0.4, 0.5) is 0 Å². The smallest absolute Gasteiger partial charge is 0.235 e. The molecule has 1 heterocycles. The normalized spacial score (nSPS) is 43.1. The van der Waals surface area contributed by atoms with Crippen molar-refractivity contribution in [1.82, 2.24) is 0 Å². The summed E-state index contributed by atoms with van der Waals surface area (Å²) in [6, 6.07) is 0. The average molecular weight is 281 g/mol. The fourth-order valence-electron chi connectivity index (χ4n) is 3.94. The van der Waals surface area contributed by atoms with Gasteiger partial charge in [0.15, 0.2) is 0 Å². The number of hydrogen-bond donors (Lipinski definition) is 0. The van der Waals surface area contributed by atoms with Crippen molar-refractivity contribution in [3.05, 3.63) is 0 Å². The molecule has 0 aromatic rings. The van der Waals surface area contributed by atoms with E-state index < -0.39 is 9.05 Å². The minimum atomic E-state index is -3.47. The van der Waals surface area contributed by atoms with Gasteiger partial charge in [-0.25, -0.2) is 8.42 Å². The van der Waals surface area contributed by atoms with Crippen molar-refractivity contribution in [2.75, 3.05) is 12.4 Å². The van der Waals surface area contributed by atoms with Gasteiger partial charge in [0.05, 0.1) is 11.9 Å². The molecule has 0 aromatic carbocycles. The van der Waals surface area contributed by atoms with Gasteiger partial charge in [0.2, 0.25) is 9.05 Å². The number of rotatable bonds is 2. The molecule has 1 saturated carbocycles. The first-order valence-corrected chi connectivity index (χ1v) is 8.82. The molecule has 1 saturated heterocycles. The molecule has 2 fully saturated rings. The highest BCUT2D eigenvalue weighted by Gasteiger charge is 2.48. The maximum Gasteiger partial charge on any atom is 0.235 e. The second-order valence-electron chi connectivity index (χ2n) is 6.03. The van der Waals surface area contributed by atoms with Crippen molar-refractivity contribution in [2.24, 2.45) is 17.3 Å². The summed E-state index contributed by atoms with van der Waals surface area (Å²) in [5, 5.41) is 0. The summed E-state index contributed by atoms with van der Waals surface area (Å²) in [5.41, 5.74) is 0.0546. The number of halogens is 1. The number of hydrogen-bond acceptors (Lipinski definition) is 3. The summed E-state index contributed by atoms with van der Waals surface area (Å²) in [5.74, 6) is 1.27. The molecule has 2 aliphatic rings. The van der Waals surface area contributed by atoms with E-state index in [1.165, 1.54) is 6.42 Å². The Kier molecular flexibility index (Phi) is 3.77. The third-order valence-corrected chi connectivity index (χ3v) is 5.35. The highest BCUT2D eigenvalue weighted by atomic mass is 35.7. The molecule has 0 N–H and O–H groups in total. The van der Waals surface area contributed by atoms with Gasteiger partial charge in [-0.3, -0.25) is 0 Å². The fraction of sp³-hybridized carbons (Fsp3) is 1.00. The lowest BCUT2D eigenvalue weighted by Crippen LogP contribution is -2.41. The van der Waals surface area contributed by atoms with Crippen molar-refractivity contribution in [3.63, 3.8) is 0 Å². The molecule has 100 valence electrons. The van der Waals surface area contributed by atoms with Crippen LogP contribution in [0.25, 0.3) is 0 Å². The minimum absolute atomic E-state index is 0.0337. The highest BCUT2D eigenvalue weighted by molar-refractivity contribution is 8.13. The SMILES string of the molecule is CC1CC(C)CC2(CCOC2CS(=O)(=O)Cl)C1. The van der Waals surface area contributed by atoms with E-state index in [0.717, 1.165) is 19.3 Å². The molecule has 3 unspecified atom stereocenters. The van der Waals surface area contributed by atoms with Crippen molar-refractivity contribution in [1.29, 1.82) is 0 Å². The molecule has 1 aliphatic carbocycles. The van der Waals surface area contributed by atoms with Crippen LogP contribution in [0.3, 0.4) is 0 Å². The Morgan fingerprint density at radius 3 is 2.41 bits per heavy atom. The van der Waals surface area contributed by atoms with Gasteiger partial charge in [-0.05, 0) is 37.5 Å². The van der Waals surface area contributed by atoms with Crippen LogP contribution in [-0.4, -0.2) is 26.9 Å². The first kappa shape index (κ1) is 13.6. The van der Waals surface area contributed by atoms with Crippen LogP contribution < -0.4 is 0 Å². The minimum Gasteiger partial charge on any atom is -0.377 e. The summed E-state index contributed by atoms with van der Waals surface area (Å²) >= 11 is 0. The van der Waals surface area contributed by atoms with Crippen molar-refractivity contribution >= 4 is 19.7 Å². The summed E-state index contributed by atoms with van der Waals surface area (Å²) in [7, 11) is 1.91. The van der Waals surface area contributed by atoms with Gasteiger partial charge < -0.3 is 4.74 Å². The Labute approximate surface area is 108 Å². The van der Waals surface area contributed by atoms with Crippen LogP contribution in [0.2, 0.25) is 0 Å². The summed E-state index contributed by atoms with van der Waals surface area (Å²) < 4.78 is 28.2. The second-order valence-corrected chi connectivity index (χ2v) is 8.85. The highest BCUT2D eigenvalue weighted by Crippen LogP contribution is 2.51. The molecular formula is C12H21ClO3S. The lowest BCUT2D eigenvalue weighted by Gasteiger charge is -2.43. The lowest BCUT2D eigenvalue weighted by atomic mass is 9.63. The summed E-state index contributed by atoms with van der Waals surface area (Å²) in [6.45, 7) is 5.18. The Hall–Kier alpha value is 0.200. The van der Waals surface area contributed by atoms with Crippen molar-refractivity contribution in [3.8, 4) is 0 Å². The first-order chi connectivity index (χ1) is 7.81. The average Bonchev–Trinajstić information content (AvgIpc) is 2.43. The molecule has 1 spiro atoms. The van der Waals surface area contributed by atoms with Gasteiger partial charge >= 0.3 is 0 Å². The largest absolute Gasteiger partial charge is 0.377 e. The molecule has 0 aromatic heterocycles. The van der Waals surface area contributed by atoms with Crippen molar-refractivity contribution in [2.45, 2.75) is 45.6 Å². The molecule has 5 heteroatoms. The molecule has 1 aliphatic heterocycles. The van der Waals surface area contributed by atoms with Crippen LogP contribution in [0.1, 0.15) is 39.5 Å². The first-order valence-electron chi connectivity index (χ1n) is 6.35. The zero-order chi connectivity index (χ0) is 12.7. The van der Waals surface area contributed by atoms with Gasteiger partial charge in [0.1, 0.15) is 0 Å². The van der Waals surface area contributed by atoms with Crippen molar-refractivity contribution < 1.29 is 13.2 Å². The molecule has 3 atom stereocenters. The van der Waals surface area contributed by atoms with E-state index in [1.807, 2.05) is 0 Å². The molecule has 0 radical (unpaired) electrons. The fourth-order valence-corrected chi connectivity index (χ4v) is 5.09. The standard InChI is InChI=1S/C12H21ClO3S/c1-9-5-10(2)7-12(6-9)3-4-16-11(12)8-17(13,14)15/h9-11H,3-8H2,1-2H3. The maximum atomic E-state index is 11.3. The Morgan fingerprint density at radius 2 is 1.88 bits per heavy atom. The predicted molar refractivity (Wildman–Crippen MR) is 68.6 cm³/mol. The summed E-state index contributed by atoms with van der Waals surface area (Å²) in [6.07, 6.45) is 4.18. The van der Waals surface area contributed by atoms with Gasteiger partial charge in [-0.2, -0.15) is 0 Å². The van der Waals surface area contributed by atoms with Crippen LogP contribution in [-0.2, 0) is 13.8 Å². The molecule has 3 nitrogen and oxygen atoms in total. The van der Waals surface area contributed by atoms with E-state index in [9.17, 15) is 8.42 Å². The predicted octanol–water partition coefficient (Wildman–Crippen LogP) is 2.79. The van der Waals surface area contributed by atoms with E-state index in [1.54, 1.807) is 0 Å². The summed E-state index contributed by atoms with van der Waals surface area (Å²) in [4.78, 5) is 0. The van der Waals surface area contributed by atoms with Gasteiger partial charge in [-0.15, -0.1) is 0 Å². The maximum absolute atomic E-state index is 11.3. The van der Waals surface area contributed by atoms with E-state index in [0.29, 0.717) is 18.4 Å². The Bertz CT molecular complexity index is 369. The lowest BCUT2D eigenvalue weighted by molar-refractivity contribution is 0.0164. The third-order valence-electron chi connectivity index (χ3n) is 4.27. The Balaban J connectivity index is 2.17. The van der Waals surface area contributed by atoms with E-state index in [4.69, 9.17) is 15.4 Å². The van der Waals surface area contributed by atoms with Crippen LogP contribution >= 0.6 is 10.7 Å². The molecule has 0 amide bonds. The number of ether oxygens (including phenoxy) is 1. The van der Waals surface area contributed by atoms with Crippen LogP contribution in [0.5, 0.6) is 0 Å². The zero-order valence-electron chi connectivity index (χ0n) is 10.5. The Morgan fingerprint density at radius 1 is 1.29 bits per heavy atom. The molecule has 0 bridgehead atoms. The quantitative estimate of drug-likeness (QED) is 0.731.